The van der Waals surface area contributed by atoms with Crippen LogP contribution in [0.5, 0.6) is 0 Å². The molecule has 0 saturated carbocycles. The van der Waals surface area contributed by atoms with Gasteiger partial charge in [-0.1, -0.05) is 66.7 Å². The van der Waals surface area contributed by atoms with Crippen molar-refractivity contribution >= 4 is 15.9 Å². The highest BCUT2D eigenvalue weighted by molar-refractivity contribution is 7.89. The maximum atomic E-state index is 12.7. The summed E-state index contributed by atoms with van der Waals surface area (Å²) in [7, 11) is -3.77. The molecule has 7 heteroatoms. The first-order chi connectivity index (χ1) is 14.9. The van der Waals surface area contributed by atoms with E-state index in [-0.39, 0.29) is 29.5 Å². The van der Waals surface area contributed by atoms with Gasteiger partial charge in [0.05, 0.1) is 11.0 Å². The van der Waals surface area contributed by atoms with Crippen LogP contribution >= 0.6 is 0 Å². The average Bonchev–Trinajstić information content (AvgIpc) is 2.79. The molecule has 3 aromatic carbocycles. The second-order valence-electron chi connectivity index (χ2n) is 7.26. The summed E-state index contributed by atoms with van der Waals surface area (Å²) in [4.78, 5) is 12.7. The van der Waals surface area contributed by atoms with Crippen molar-refractivity contribution in [3.05, 3.63) is 101 Å². The maximum absolute atomic E-state index is 12.7. The van der Waals surface area contributed by atoms with Gasteiger partial charge in [-0.05, 0) is 42.2 Å². The Balaban J connectivity index is 1.63. The number of carbonyl (C=O) groups excluding carboxylic acids is 1. The summed E-state index contributed by atoms with van der Waals surface area (Å²) >= 11 is 0. The highest BCUT2D eigenvalue weighted by atomic mass is 32.2. The van der Waals surface area contributed by atoms with E-state index in [1.54, 1.807) is 13.0 Å². The second kappa shape index (κ2) is 10.3. The van der Waals surface area contributed by atoms with Gasteiger partial charge in [0.1, 0.15) is 0 Å². The summed E-state index contributed by atoms with van der Waals surface area (Å²) in [6.45, 7) is 2.18. The predicted molar refractivity (Wildman–Crippen MR) is 120 cm³/mol. The number of carbonyl (C=O) groups is 1. The van der Waals surface area contributed by atoms with Crippen LogP contribution in [0.25, 0.3) is 0 Å². The van der Waals surface area contributed by atoms with E-state index in [1.807, 2.05) is 60.7 Å². The fourth-order valence-corrected chi connectivity index (χ4v) is 4.17. The topological polar surface area (TPSA) is 95.5 Å². The smallest absolute Gasteiger partial charge is 0.251 e. The van der Waals surface area contributed by atoms with E-state index < -0.39 is 16.1 Å². The van der Waals surface area contributed by atoms with Crippen LogP contribution < -0.4 is 10.0 Å². The number of amides is 1. The number of hydrogen-bond donors (Lipinski definition) is 3. The van der Waals surface area contributed by atoms with Gasteiger partial charge in [-0.3, -0.25) is 4.79 Å². The first-order valence-corrected chi connectivity index (χ1v) is 11.5. The average molecular weight is 439 g/mol. The molecule has 31 heavy (non-hydrogen) atoms. The molecule has 1 amide bonds. The van der Waals surface area contributed by atoms with Crippen LogP contribution in [0.1, 0.15) is 39.6 Å². The molecule has 0 saturated heterocycles. The molecule has 3 N–H and O–H groups in total. The lowest BCUT2D eigenvalue weighted by molar-refractivity contribution is 0.0942. The summed E-state index contributed by atoms with van der Waals surface area (Å²) < 4.78 is 27.9. The second-order valence-corrected chi connectivity index (χ2v) is 9.02. The van der Waals surface area contributed by atoms with Crippen molar-refractivity contribution in [1.82, 2.24) is 10.0 Å². The standard InChI is InChI=1S/C24H26N2O4S/c1-18-12-13-21(31(29,30)26-17-19-8-4-2-5-9-19)16-22(18)24(28)25-15-14-23(27)20-10-6-3-7-11-20/h2-13,16,23,26-27H,14-15,17H2,1H3,(H,25,28)/t23-/m0/s1. The zero-order valence-electron chi connectivity index (χ0n) is 17.3. The van der Waals surface area contributed by atoms with Gasteiger partial charge in [0.15, 0.2) is 0 Å². The fourth-order valence-electron chi connectivity index (χ4n) is 3.13. The van der Waals surface area contributed by atoms with Crippen molar-refractivity contribution in [2.24, 2.45) is 0 Å². The number of sulfonamides is 1. The quantitative estimate of drug-likeness (QED) is 0.478. The van der Waals surface area contributed by atoms with Crippen LogP contribution in [-0.2, 0) is 16.6 Å². The Morgan fingerprint density at radius 1 is 0.968 bits per heavy atom. The maximum Gasteiger partial charge on any atom is 0.251 e. The lowest BCUT2D eigenvalue weighted by Gasteiger charge is -2.13. The van der Waals surface area contributed by atoms with E-state index >= 15 is 0 Å². The molecule has 0 radical (unpaired) electrons. The van der Waals surface area contributed by atoms with Crippen LogP contribution in [0.2, 0.25) is 0 Å². The third kappa shape index (κ3) is 6.24. The van der Waals surface area contributed by atoms with Gasteiger partial charge in [0, 0.05) is 18.7 Å². The van der Waals surface area contributed by atoms with Crippen LogP contribution in [0.15, 0.2) is 83.8 Å². The molecule has 3 aromatic rings. The molecule has 162 valence electrons. The Hall–Kier alpha value is -3.00. The number of hydrogen-bond acceptors (Lipinski definition) is 4. The monoisotopic (exact) mass is 438 g/mol. The van der Waals surface area contributed by atoms with E-state index in [1.165, 1.54) is 12.1 Å². The molecule has 0 heterocycles. The van der Waals surface area contributed by atoms with Crippen LogP contribution in [-0.4, -0.2) is 26.0 Å². The zero-order chi connectivity index (χ0) is 22.3. The summed E-state index contributed by atoms with van der Waals surface area (Å²) in [5, 5.41) is 13.0. The van der Waals surface area contributed by atoms with Crippen molar-refractivity contribution < 1.29 is 18.3 Å². The Labute approximate surface area is 183 Å². The van der Waals surface area contributed by atoms with Gasteiger partial charge < -0.3 is 10.4 Å². The Bertz CT molecular complexity index is 1120. The molecule has 0 aliphatic rings. The van der Waals surface area contributed by atoms with E-state index in [4.69, 9.17) is 0 Å². The number of aliphatic hydroxyl groups excluding tert-OH is 1. The Morgan fingerprint density at radius 3 is 2.29 bits per heavy atom. The van der Waals surface area contributed by atoms with Crippen LogP contribution in [0, 0.1) is 6.92 Å². The molecular weight excluding hydrogens is 412 g/mol. The zero-order valence-corrected chi connectivity index (χ0v) is 18.1. The number of benzene rings is 3. The minimum atomic E-state index is -3.77. The molecular formula is C24H26N2O4S. The van der Waals surface area contributed by atoms with Crippen molar-refractivity contribution in [3.8, 4) is 0 Å². The minimum Gasteiger partial charge on any atom is -0.388 e. The van der Waals surface area contributed by atoms with Crippen LogP contribution in [0.3, 0.4) is 0 Å². The van der Waals surface area contributed by atoms with E-state index in [0.717, 1.165) is 11.1 Å². The third-order valence-electron chi connectivity index (χ3n) is 4.96. The van der Waals surface area contributed by atoms with Gasteiger partial charge in [-0.2, -0.15) is 0 Å². The van der Waals surface area contributed by atoms with Gasteiger partial charge in [0.25, 0.3) is 5.91 Å². The lowest BCUT2D eigenvalue weighted by Crippen LogP contribution is -2.27. The molecule has 6 nitrogen and oxygen atoms in total. The number of aryl methyl sites for hydroxylation is 1. The summed E-state index contributed by atoms with van der Waals surface area (Å²) in [5.74, 6) is -0.377. The predicted octanol–water partition coefficient (Wildman–Crippen LogP) is 3.33. The molecule has 0 fully saturated rings. The summed E-state index contributed by atoms with van der Waals surface area (Å²) in [5.41, 5.74) is 2.58. The van der Waals surface area contributed by atoms with E-state index in [2.05, 4.69) is 10.0 Å². The molecule has 0 aromatic heterocycles. The van der Waals surface area contributed by atoms with Crippen molar-refractivity contribution in [1.29, 1.82) is 0 Å². The van der Waals surface area contributed by atoms with Gasteiger partial charge in [0.2, 0.25) is 10.0 Å². The molecule has 0 aliphatic carbocycles. The number of nitrogens with one attached hydrogen (secondary N) is 2. The molecule has 1 atom stereocenters. The van der Waals surface area contributed by atoms with Gasteiger partial charge >= 0.3 is 0 Å². The van der Waals surface area contributed by atoms with Crippen molar-refractivity contribution in [3.63, 3.8) is 0 Å². The van der Waals surface area contributed by atoms with Crippen LogP contribution in [0.4, 0.5) is 0 Å². The lowest BCUT2D eigenvalue weighted by atomic mass is 10.1. The Morgan fingerprint density at radius 2 is 1.61 bits per heavy atom. The van der Waals surface area contributed by atoms with Gasteiger partial charge in [-0.15, -0.1) is 0 Å². The first kappa shape index (κ1) is 22.7. The normalized spacial score (nSPS) is 12.3. The number of aliphatic hydroxyl groups is 1. The first-order valence-electron chi connectivity index (χ1n) is 10.0. The van der Waals surface area contributed by atoms with E-state index in [9.17, 15) is 18.3 Å². The molecule has 3 rings (SSSR count). The summed E-state index contributed by atoms with van der Waals surface area (Å²) in [6, 6.07) is 22.9. The molecule has 0 bridgehead atoms. The fraction of sp³-hybridized carbons (Fsp3) is 0.208. The molecule has 0 unspecified atom stereocenters. The van der Waals surface area contributed by atoms with E-state index in [0.29, 0.717) is 12.0 Å². The Kier molecular flexibility index (Phi) is 7.57. The SMILES string of the molecule is Cc1ccc(S(=O)(=O)NCc2ccccc2)cc1C(=O)NCC[C@H](O)c1ccccc1. The number of rotatable bonds is 9. The van der Waals surface area contributed by atoms with Crippen molar-refractivity contribution in [2.45, 2.75) is 30.9 Å². The highest BCUT2D eigenvalue weighted by Gasteiger charge is 2.18. The van der Waals surface area contributed by atoms with Crippen molar-refractivity contribution in [2.75, 3.05) is 6.54 Å². The molecule has 0 spiro atoms. The third-order valence-corrected chi connectivity index (χ3v) is 6.36. The van der Waals surface area contributed by atoms with Gasteiger partial charge in [-0.25, -0.2) is 13.1 Å². The minimum absolute atomic E-state index is 0.0310. The largest absolute Gasteiger partial charge is 0.388 e. The summed E-state index contributed by atoms with van der Waals surface area (Å²) in [6.07, 6.45) is -0.331. The molecule has 0 aliphatic heterocycles. The highest BCUT2D eigenvalue weighted by Crippen LogP contribution is 2.18.